The summed E-state index contributed by atoms with van der Waals surface area (Å²) in [6, 6.07) is 10.4. The van der Waals surface area contributed by atoms with Crippen LogP contribution in [0.2, 0.25) is 0 Å². The zero-order chi connectivity index (χ0) is 25.5. The number of hydrogen-bond acceptors (Lipinski definition) is 7. The van der Waals surface area contributed by atoms with Crippen LogP contribution < -0.4 is 10.2 Å². The number of benzene rings is 1. The van der Waals surface area contributed by atoms with Crippen LogP contribution in [0.4, 0.5) is 22.4 Å². The standard InChI is InChI=1S/C27H37N7O2/c1-18-16-22(32-31-18)29-23-20-8-6-7-9-21(20)28-24(30-23)33(5)19-10-12-27(13-11-19)14-15-34(17-27)25(35)36-26(2,3)4/h6-9,16,19H,10-15,17H2,1-5H3,(H2,28,29,30,31,32). The minimum absolute atomic E-state index is 0.185. The van der Waals surface area contributed by atoms with Gasteiger partial charge < -0.3 is 19.9 Å². The number of rotatable bonds is 4. The largest absolute Gasteiger partial charge is 0.444 e. The van der Waals surface area contributed by atoms with Gasteiger partial charge in [0, 0.05) is 43.3 Å². The predicted octanol–water partition coefficient (Wildman–Crippen LogP) is 5.41. The SMILES string of the molecule is Cc1cc(Nc2nc(N(C)C3CCC4(CC3)CCN(C(=O)OC(C)(C)C)C4)nc3ccccc23)n[nH]1. The van der Waals surface area contributed by atoms with Crippen LogP contribution in [-0.4, -0.2) is 62.9 Å². The average molecular weight is 492 g/mol. The van der Waals surface area contributed by atoms with Gasteiger partial charge in [-0.15, -0.1) is 0 Å². The highest BCUT2D eigenvalue weighted by molar-refractivity contribution is 5.91. The molecule has 1 amide bonds. The lowest BCUT2D eigenvalue weighted by atomic mass is 9.72. The van der Waals surface area contributed by atoms with E-state index in [4.69, 9.17) is 14.7 Å². The number of hydrogen-bond donors (Lipinski definition) is 2. The van der Waals surface area contributed by atoms with Crippen molar-refractivity contribution in [2.45, 2.75) is 71.4 Å². The van der Waals surface area contributed by atoms with Crippen molar-refractivity contribution in [1.29, 1.82) is 0 Å². The molecule has 0 atom stereocenters. The van der Waals surface area contributed by atoms with Crippen molar-refractivity contribution >= 4 is 34.6 Å². The molecule has 0 radical (unpaired) electrons. The van der Waals surface area contributed by atoms with E-state index in [9.17, 15) is 4.79 Å². The summed E-state index contributed by atoms with van der Waals surface area (Å²) in [7, 11) is 2.09. The van der Waals surface area contributed by atoms with E-state index < -0.39 is 5.60 Å². The molecule has 192 valence electrons. The topological polar surface area (TPSA) is 99.3 Å². The molecule has 2 N–H and O–H groups in total. The van der Waals surface area contributed by atoms with Gasteiger partial charge in [-0.3, -0.25) is 5.10 Å². The first kappa shape index (κ1) is 24.3. The van der Waals surface area contributed by atoms with Crippen LogP contribution in [0.5, 0.6) is 0 Å². The lowest BCUT2D eigenvalue weighted by Gasteiger charge is -2.40. The van der Waals surface area contributed by atoms with E-state index in [1.165, 1.54) is 0 Å². The zero-order valence-corrected chi connectivity index (χ0v) is 22.0. The number of carbonyl (C=O) groups excluding carboxylic acids is 1. The number of ether oxygens (including phenoxy) is 1. The van der Waals surface area contributed by atoms with Gasteiger partial charge in [0.1, 0.15) is 11.4 Å². The number of H-pyrrole nitrogens is 1. The third-order valence-electron chi connectivity index (χ3n) is 7.51. The molecular formula is C27H37N7O2. The van der Waals surface area contributed by atoms with Gasteiger partial charge in [0.05, 0.1) is 5.52 Å². The summed E-state index contributed by atoms with van der Waals surface area (Å²) in [4.78, 5) is 26.5. The maximum atomic E-state index is 12.6. The van der Waals surface area contributed by atoms with Crippen LogP contribution >= 0.6 is 0 Å². The van der Waals surface area contributed by atoms with Crippen molar-refractivity contribution in [3.05, 3.63) is 36.0 Å². The summed E-state index contributed by atoms with van der Waals surface area (Å²) in [5.41, 5.74) is 1.63. The van der Waals surface area contributed by atoms with Crippen LogP contribution in [0, 0.1) is 12.3 Å². The van der Waals surface area contributed by atoms with E-state index >= 15 is 0 Å². The Morgan fingerprint density at radius 1 is 1.19 bits per heavy atom. The molecule has 9 heteroatoms. The Morgan fingerprint density at radius 2 is 1.94 bits per heavy atom. The molecule has 5 rings (SSSR count). The Balaban J connectivity index is 1.28. The second-order valence-electron chi connectivity index (χ2n) is 11.4. The molecular weight excluding hydrogens is 454 g/mol. The summed E-state index contributed by atoms with van der Waals surface area (Å²) in [5.74, 6) is 2.21. The van der Waals surface area contributed by atoms with Crippen LogP contribution in [0.3, 0.4) is 0 Å². The number of nitrogens with zero attached hydrogens (tertiary/aromatic N) is 5. The fraction of sp³-hybridized carbons (Fsp3) is 0.556. The quantitative estimate of drug-likeness (QED) is 0.503. The third kappa shape index (κ3) is 5.10. The van der Waals surface area contributed by atoms with Crippen LogP contribution in [0.1, 0.15) is 58.6 Å². The Labute approximate surface area is 212 Å². The monoisotopic (exact) mass is 491 g/mol. The average Bonchev–Trinajstić information content (AvgIpc) is 3.44. The summed E-state index contributed by atoms with van der Waals surface area (Å²) in [6.07, 6.45) is 5.15. The number of aryl methyl sites for hydroxylation is 1. The Morgan fingerprint density at radius 3 is 2.64 bits per heavy atom. The summed E-state index contributed by atoms with van der Waals surface area (Å²) in [5, 5.41) is 11.6. The van der Waals surface area contributed by atoms with Crippen molar-refractivity contribution in [3.8, 4) is 0 Å². The van der Waals surface area contributed by atoms with Gasteiger partial charge in [0.2, 0.25) is 5.95 Å². The van der Waals surface area contributed by atoms with Gasteiger partial charge >= 0.3 is 6.09 Å². The molecule has 0 bridgehead atoms. The number of para-hydroxylation sites is 1. The minimum Gasteiger partial charge on any atom is -0.444 e. The second kappa shape index (κ2) is 9.26. The predicted molar refractivity (Wildman–Crippen MR) is 142 cm³/mol. The van der Waals surface area contributed by atoms with Crippen molar-refractivity contribution in [3.63, 3.8) is 0 Å². The maximum Gasteiger partial charge on any atom is 0.410 e. The smallest absolute Gasteiger partial charge is 0.410 e. The van der Waals surface area contributed by atoms with E-state index in [1.54, 1.807) is 0 Å². The van der Waals surface area contributed by atoms with Crippen LogP contribution in [0.15, 0.2) is 30.3 Å². The van der Waals surface area contributed by atoms with Crippen molar-refractivity contribution in [2.24, 2.45) is 5.41 Å². The first-order valence-corrected chi connectivity index (χ1v) is 12.9. The number of carbonyl (C=O) groups is 1. The Bertz CT molecular complexity index is 1240. The molecule has 1 aliphatic heterocycles. The molecule has 3 heterocycles. The fourth-order valence-electron chi connectivity index (χ4n) is 5.51. The second-order valence-corrected chi connectivity index (χ2v) is 11.4. The van der Waals surface area contributed by atoms with E-state index in [0.29, 0.717) is 12.0 Å². The van der Waals surface area contributed by atoms with Crippen LogP contribution in [0.25, 0.3) is 10.9 Å². The van der Waals surface area contributed by atoms with Crippen molar-refractivity contribution in [2.75, 3.05) is 30.4 Å². The molecule has 36 heavy (non-hydrogen) atoms. The lowest BCUT2D eigenvalue weighted by Crippen LogP contribution is -2.42. The van der Waals surface area contributed by atoms with E-state index in [1.807, 2.05) is 62.9 Å². The maximum absolute atomic E-state index is 12.6. The lowest BCUT2D eigenvalue weighted by molar-refractivity contribution is 0.0261. The molecule has 1 saturated heterocycles. The van der Waals surface area contributed by atoms with Gasteiger partial charge in [-0.1, -0.05) is 12.1 Å². The Kier molecular flexibility index (Phi) is 6.26. The molecule has 3 aromatic rings. The molecule has 1 aromatic carbocycles. The highest BCUT2D eigenvalue weighted by atomic mass is 16.6. The van der Waals surface area contributed by atoms with Crippen LogP contribution in [-0.2, 0) is 4.74 Å². The Hall–Kier alpha value is -3.36. The van der Waals surface area contributed by atoms with Gasteiger partial charge in [0.15, 0.2) is 5.82 Å². The van der Waals surface area contributed by atoms with Gasteiger partial charge in [-0.25, -0.2) is 9.78 Å². The minimum atomic E-state index is -0.462. The molecule has 1 spiro atoms. The molecule has 2 aromatic heterocycles. The molecule has 2 aliphatic rings. The summed E-state index contributed by atoms with van der Waals surface area (Å²) in [6.45, 7) is 9.31. The number of likely N-dealkylation sites (tertiary alicyclic amines) is 1. The van der Waals surface area contributed by atoms with Crippen molar-refractivity contribution in [1.82, 2.24) is 25.1 Å². The number of nitrogens with one attached hydrogen (secondary N) is 2. The summed E-state index contributed by atoms with van der Waals surface area (Å²) < 4.78 is 5.61. The fourth-order valence-corrected chi connectivity index (χ4v) is 5.51. The summed E-state index contributed by atoms with van der Waals surface area (Å²) >= 11 is 0. The van der Waals surface area contributed by atoms with E-state index in [-0.39, 0.29) is 11.5 Å². The number of anilines is 3. The zero-order valence-electron chi connectivity index (χ0n) is 22.0. The first-order valence-electron chi connectivity index (χ1n) is 12.9. The highest BCUT2D eigenvalue weighted by Crippen LogP contribution is 2.45. The van der Waals surface area contributed by atoms with E-state index in [2.05, 4.69) is 27.5 Å². The number of aromatic nitrogens is 4. The molecule has 0 unspecified atom stereocenters. The van der Waals surface area contributed by atoms with Gasteiger partial charge in [0.25, 0.3) is 0 Å². The number of amides is 1. The highest BCUT2D eigenvalue weighted by Gasteiger charge is 2.44. The number of fused-ring (bicyclic) bond motifs is 1. The van der Waals surface area contributed by atoms with E-state index in [0.717, 1.165) is 73.4 Å². The van der Waals surface area contributed by atoms with Gasteiger partial charge in [-0.2, -0.15) is 10.1 Å². The van der Waals surface area contributed by atoms with Crippen molar-refractivity contribution < 1.29 is 9.53 Å². The molecule has 1 saturated carbocycles. The first-order chi connectivity index (χ1) is 17.1. The number of aromatic amines is 1. The molecule has 1 aliphatic carbocycles. The van der Waals surface area contributed by atoms with Gasteiger partial charge in [-0.05, 0) is 77.3 Å². The molecule has 9 nitrogen and oxygen atoms in total. The molecule has 2 fully saturated rings. The normalized spacial score (nSPS) is 22.2. The third-order valence-corrected chi connectivity index (χ3v) is 7.51.